The molecular weight excluding hydrogens is 488 g/mol. The van der Waals surface area contributed by atoms with Crippen LogP contribution in [0.15, 0.2) is 53.3 Å². The molecule has 6 N–H and O–H groups in total. The van der Waals surface area contributed by atoms with Crippen LogP contribution >= 0.6 is 0 Å². The van der Waals surface area contributed by atoms with Gasteiger partial charge in [-0.2, -0.15) is 0 Å². The Balaban J connectivity index is 1.64. The standard InChI is InChI=1S/C29H30N2O7/c1-31(2)19-12-15(9-8-14-6-4-3-5-7-14)24(33)22-18(19)11-16-10-17-13-20(32)23(28(30)37)27(36)29(17,38)26(35)21(16)25(22)34/h3-7,12,16-17,33-34,36,38H,8-11,13H2,1-2H3,(H2,30,37). The zero-order valence-electron chi connectivity index (χ0n) is 21.2. The molecular formula is C29H30N2O7. The highest BCUT2D eigenvalue weighted by Crippen LogP contribution is 2.53. The summed E-state index contributed by atoms with van der Waals surface area (Å²) in [4.78, 5) is 39.9. The lowest BCUT2D eigenvalue weighted by atomic mass is 9.59. The van der Waals surface area contributed by atoms with Gasteiger partial charge >= 0.3 is 0 Å². The number of nitrogens with zero attached hydrogens (tertiary/aromatic N) is 1. The molecule has 3 aliphatic carbocycles. The molecule has 5 rings (SSSR count). The van der Waals surface area contributed by atoms with Crippen molar-refractivity contribution in [3.63, 3.8) is 0 Å². The fraction of sp³-hybridized carbons (Fsp3) is 0.345. The first kappa shape index (κ1) is 25.5. The largest absolute Gasteiger partial charge is 0.508 e. The van der Waals surface area contributed by atoms with Gasteiger partial charge in [0.2, 0.25) is 5.78 Å². The van der Waals surface area contributed by atoms with Crippen LogP contribution in [-0.2, 0) is 33.6 Å². The number of benzene rings is 2. The Labute approximate surface area is 219 Å². The van der Waals surface area contributed by atoms with Crippen molar-refractivity contribution in [2.75, 3.05) is 19.0 Å². The monoisotopic (exact) mass is 518 g/mol. The van der Waals surface area contributed by atoms with Crippen LogP contribution in [0.4, 0.5) is 5.69 Å². The van der Waals surface area contributed by atoms with E-state index in [-0.39, 0.29) is 36.1 Å². The minimum absolute atomic E-state index is 0.103. The minimum Gasteiger partial charge on any atom is -0.508 e. The van der Waals surface area contributed by atoms with Gasteiger partial charge in [0.15, 0.2) is 11.4 Å². The maximum absolute atomic E-state index is 13.7. The highest BCUT2D eigenvalue weighted by atomic mass is 16.3. The molecule has 0 saturated heterocycles. The van der Waals surface area contributed by atoms with Crippen molar-refractivity contribution in [3.8, 4) is 5.75 Å². The van der Waals surface area contributed by atoms with Gasteiger partial charge in [0.1, 0.15) is 22.8 Å². The Kier molecular flexibility index (Phi) is 6.06. The zero-order chi connectivity index (χ0) is 27.5. The molecule has 9 nitrogen and oxygen atoms in total. The van der Waals surface area contributed by atoms with E-state index < -0.39 is 52.0 Å². The van der Waals surface area contributed by atoms with Crippen LogP contribution < -0.4 is 10.6 Å². The Morgan fingerprint density at radius 2 is 1.76 bits per heavy atom. The molecule has 1 amide bonds. The van der Waals surface area contributed by atoms with Crippen molar-refractivity contribution in [1.29, 1.82) is 0 Å². The third-order valence-electron chi connectivity index (χ3n) is 8.13. The van der Waals surface area contributed by atoms with Crippen LogP contribution in [0, 0.1) is 11.8 Å². The second-order valence-electron chi connectivity index (χ2n) is 10.5. The molecule has 0 heterocycles. The number of aromatic hydroxyl groups is 1. The molecule has 2 aromatic rings. The number of rotatable bonds is 5. The molecule has 38 heavy (non-hydrogen) atoms. The van der Waals surface area contributed by atoms with Crippen molar-refractivity contribution >= 4 is 28.9 Å². The first-order valence-electron chi connectivity index (χ1n) is 12.5. The van der Waals surface area contributed by atoms with E-state index in [9.17, 15) is 34.8 Å². The second-order valence-corrected chi connectivity index (χ2v) is 10.5. The lowest BCUT2D eigenvalue weighted by molar-refractivity contribution is -0.147. The van der Waals surface area contributed by atoms with Gasteiger partial charge in [-0.25, -0.2) is 0 Å². The van der Waals surface area contributed by atoms with E-state index in [0.29, 0.717) is 24.0 Å². The van der Waals surface area contributed by atoms with Gasteiger partial charge in [0.25, 0.3) is 5.91 Å². The smallest absolute Gasteiger partial charge is 0.255 e. The quantitative estimate of drug-likeness (QED) is 0.377. The van der Waals surface area contributed by atoms with Crippen molar-refractivity contribution in [1.82, 2.24) is 0 Å². The Morgan fingerprint density at radius 1 is 1.08 bits per heavy atom. The summed E-state index contributed by atoms with van der Waals surface area (Å²) < 4.78 is 0. The first-order valence-corrected chi connectivity index (χ1v) is 12.5. The van der Waals surface area contributed by atoms with Crippen molar-refractivity contribution in [3.05, 3.63) is 75.6 Å². The van der Waals surface area contributed by atoms with Gasteiger partial charge in [-0.05, 0) is 54.4 Å². The van der Waals surface area contributed by atoms with Gasteiger partial charge in [-0.3, -0.25) is 14.4 Å². The first-order chi connectivity index (χ1) is 18.0. The number of nitrogens with two attached hydrogens (primary N) is 1. The van der Waals surface area contributed by atoms with Gasteiger partial charge in [0.05, 0.1) is 5.56 Å². The molecule has 0 bridgehead atoms. The number of ketones is 2. The summed E-state index contributed by atoms with van der Waals surface area (Å²) in [6.45, 7) is 0. The van der Waals surface area contributed by atoms with Crippen LogP contribution in [0.25, 0.3) is 5.76 Å². The summed E-state index contributed by atoms with van der Waals surface area (Å²) in [6, 6.07) is 11.6. The van der Waals surface area contributed by atoms with Crippen LogP contribution in [0.2, 0.25) is 0 Å². The molecule has 3 aliphatic rings. The highest BCUT2D eigenvalue weighted by molar-refractivity contribution is 6.22. The maximum Gasteiger partial charge on any atom is 0.255 e. The van der Waals surface area contributed by atoms with E-state index in [1.807, 2.05) is 55.4 Å². The number of carbonyl (C=O) groups is 3. The number of aliphatic hydroxyl groups excluding tert-OH is 2. The number of fused-ring (bicyclic) bond motifs is 3. The number of primary amides is 1. The predicted octanol–water partition coefficient (Wildman–Crippen LogP) is 2.28. The summed E-state index contributed by atoms with van der Waals surface area (Å²) in [7, 11) is 3.70. The van der Waals surface area contributed by atoms with Gasteiger partial charge in [0, 0.05) is 37.7 Å². The van der Waals surface area contributed by atoms with Crippen LogP contribution in [0.3, 0.4) is 0 Å². The van der Waals surface area contributed by atoms with E-state index in [2.05, 4.69) is 0 Å². The Bertz CT molecular complexity index is 1440. The molecule has 3 atom stereocenters. The topological polar surface area (TPSA) is 161 Å². The fourth-order valence-electron chi connectivity index (χ4n) is 6.24. The average Bonchev–Trinajstić information content (AvgIpc) is 2.86. The number of hydrogen-bond acceptors (Lipinski definition) is 8. The molecule has 3 unspecified atom stereocenters. The van der Waals surface area contributed by atoms with Crippen molar-refractivity contribution in [2.45, 2.75) is 37.7 Å². The summed E-state index contributed by atoms with van der Waals surface area (Å²) in [5.74, 6) is -6.22. The summed E-state index contributed by atoms with van der Waals surface area (Å²) in [5, 5.41) is 44.9. The number of carbonyl (C=O) groups excluding carboxylic acids is 3. The van der Waals surface area contributed by atoms with Crippen LogP contribution in [0.1, 0.15) is 35.1 Å². The number of aliphatic hydroxyl groups is 3. The molecule has 1 saturated carbocycles. The van der Waals surface area contributed by atoms with Crippen LogP contribution in [-0.4, -0.2) is 57.6 Å². The number of phenols is 1. The second kappa shape index (κ2) is 9.02. The SMILES string of the molecule is CN(C)c1cc(CCc2ccccc2)c(O)c2c1CC1CC3CC(=O)C(C(N)=O)=C(O)C3(O)C(=O)C1=C2O. The number of hydrogen-bond donors (Lipinski definition) is 5. The predicted molar refractivity (Wildman–Crippen MR) is 140 cm³/mol. The van der Waals surface area contributed by atoms with Gasteiger partial charge in [-0.1, -0.05) is 30.3 Å². The van der Waals surface area contributed by atoms with E-state index in [1.54, 1.807) is 0 Å². The van der Waals surface area contributed by atoms with Crippen molar-refractivity contribution < 1.29 is 34.8 Å². The Hall–Kier alpha value is -4.11. The summed E-state index contributed by atoms with van der Waals surface area (Å²) in [5.41, 5.74) is 4.95. The van der Waals surface area contributed by atoms with Crippen LogP contribution in [0.5, 0.6) is 5.75 Å². The van der Waals surface area contributed by atoms with E-state index in [1.165, 1.54) is 0 Å². The molecule has 198 valence electrons. The number of Topliss-reactive ketones (excluding diaryl/α,β-unsaturated/α-hetero) is 2. The highest BCUT2D eigenvalue weighted by Gasteiger charge is 2.60. The number of phenolic OH excluding ortho intramolecular Hbond substituents is 1. The molecule has 9 heteroatoms. The zero-order valence-corrected chi connectivity index (χ0v) is 21.2. The molecule has 2 aromatic carbocycles. The fourth-order valence-corrected chi connectivity index (χ4v) is 6.24. The van der Waals surface area contributed by atoms with E-state index in [4.69, 9.17) is 5.73 Å². The number of anilines is 1. The summed E-state index contributed by atoms with van der Waals surface area (Å²) in [6.07, 6.45) is 1.15. The average molecular weight is 519 g/mol. The van der Waals surface area contributed by atoms with Gasteiger partial charge in [-0.15, -0.1) is 0 Å². The minimum atomic E-state index is -2.57. The molecule has 0 spiro atoms. The third kappa shape index (κ3) is 3.68. The normalized spacial score (nSPS) is 24.6. The Morgan fingerprint density at radius 3 is 2.39 bits per heavy atom. The maximum atomic E-state index is 13.7. The van der Waals surface area contributed by atoms with Gasteiger partial charge < -0.3 is 31.1 Å². The molecule has 0 radical (unpaired) electrons. The lowest BCUT2D eigenvalue weighted by Gasteiger charge is -2.46. The number of amides is 1. The van der Waals surface area contributed by atoms with E-state index in [0.717, 1.165) is 11.3 Å². The van der Waals surface area contributed by atoms with Crippen molar-refractivity contribution in [2.24, 2.45) is 17.6 Å². The molecule has 0 aliphatic heterocycles. The lowest BCUT2D eigenvalue weighted by Crippen LogP contribution is -2.58. The number of aryl methyl sites for hydroxylation is 2. The van der Waals surface area contributed by atoms with E-state index >= 15 is 0 Å². The molecule has 0 aromatic heterocycles. The third-order valence-corrected chi connectivity index (χ3v) is 8.13. The molecule has 1 fully saturated rings. The summed E-state index contributed by atoms with van der Waals surface area (Å²) >= 11 is 0.